The lowest BCUT2D eigenvalue weighted by atomic mass is 9.83. The van der Waals surface area contributed by atoms with E-state index in [1.165, 1.54) is 12.1 Å². The van der Waals surface area contributed by atoms with Crippen LogP contribution in [0.5, 0.6) is 0 Å². The van der Waals surface area contributed by atoms with Crippen LogP contribution in [0.1, 0.15) is 24.5 Å². The Labute approximate surface area is 140 Å². The zero-order chi connectivity index (χ0) is 16.7. The van der Waals surface area contributed by atoms with Gasteiger partial charge in [-0.25, -0.2) is 13.1 Å². The van der Waals surface area contributed by atoms with Crippen molar-refractivity contribution in [1.29, 1.82) is 0 Å². The van der Waals surface area contributed by atoms with Gasteiger partial charge in [0.15, 0.2) is 0 Å². The standard InChI is InChI=1S/C17H16ClNO3S/c1-17(11-10-13-14(17)8-5-9-15(13)18)16(20)19-23(21,22)12-6-3-2-4-7-12/h2-9H,10-11H2,1H3,(H,19,20). The van der Waals surface area contributed by atoms with Gasteiger partial charge in [0.05, 0.1) is 10.3 Å². The molecule has 6 heteroatoms. The molecule has 0 bridgehead atoms. The molecule has 1 aliphatic rings. The van der Waals surface area contributed by atoms with Gasteiger partial charge in [-0.1, -0.05) is 41.9 Å². The first-order valence-electron chi connectivity index (χ1n) is 7.25. The third kappa shape index (κ3) is 2.75. The van der Waals surface area contributed by atoms with Crippen LogP contribution in [0, 0.1) is 0 Å². The number of carbonyl (C=O) groups is 1. The van der Waals surface area contributed by atoms with Crippen molar-refractivity contribution in [2.75, 3.05) is 0 Å². The molecule has 0 aromatic heterocycles. The fourth-order valence-electron chi connectivity index (χ4n) is 2.97. The van der Waals surface area contributed by atoms with Crippen molar-refractivity contribution in [2.24, 2.45) is 0 Å². The number of amides is 1. The number of hydrogen-bond donors (Lipinski definition) is 1. The molecule has 1 atom stereocenters. The van der Waals surface area contributed by atoms with Crippen molar-refractivity contribution in [3.05, 3.63) is 64.7 Å². The molecule has 4 nitrogen and oxygen atoms in total. The molecule has 3 rings (SSSR count). The van der Waals surface area contributed by atoms with E-state index in [0.717, 1.165) is 11.1 Å². The van der Waals surface area contributed by atoms with Gasteiger partial charge in [0, 0.05) is 5.02 Å². The topological polar surface area (TPSA) is 63.2 Å². The van der Waals surface area contributed by atoms with Gasteiger partial charge in [-0.2, -0.15) is 0 Å². The van der Waals surface area contributed by atoms with E-state index >= 15 is 0 Å². The van der Waals surface area contributed by atoms with Crippen molar-refractivity contribution < 1.29 is 13.2 Å². The Morgan fingerprint density at radius 2 is 1.83 bits per heavy atom. The quantitative estimate of drug-likeness (QED) is 0.926. The van der Waals surface area contributed by atoms with Crippen molar-refractivity contribution in [3.63, 3.8) is 0 Å². The lowest BCUT2D eigenvalue weighted by molar-refractivity contribution is -0.124. The maximum atomic E-state index is 12.7. The van der Waals surface area contributed by atoms with E-state index in [0.29, 0.717) is 17.9 Å². The molecule has 1 N–H and O–H groups in total. The largest absolute Gasteiger partial charge is 0.273 e. The van der Waals surface area contributed by atoms with E-state index in [2.05, 4.69) is 4.72 Å². The molecule has 0 fully saturated rings. The van der Waals surface area contributed by atoms with Gasteiger partial charge in [-0.3, -0.25) is 4.79 Å². The van der Waals surface area contributed by atoms with Crippen LogP contribution in [0.3, 0.4) is 0 Å². The van der Waals surface area contributed by atoms with E-state index in [-0.39, 0.29) is 4.90 Å². The van der Waals surface area contributed by atoms with Gasteiger partial charge in [0.25, 0.3) is 10.0 Å². The molecule has 0 radical (unpaired) electrons. The molecule has 2 aromatic carbocycles. The molecule has 0 aliphatic heterocycles. The molecule has 0 spiro atoms. The summed E-state index contributed by atoms with van der Waals surface area (Å²) in [5.74, 6) is -0.526. The van der Waals surface area contributed by atoms with Crippen LogP contribution in [0.15, 0.2) is 53.4 Å². The lowest BCUT2D eigenvalue weighted by Crippen LogP contribution is -2.43. The fourth-order valence-corrected chi connectivity index (χ4v) is 4.34. The summed E-state index contributed by atoms with van der Waals surface area (Å²) in [5, 5.41) is 0.616. The molecule has 0 saturated heterocycles. The van der Waals surface area contributed by atoms with Gasteiger partial charge in [0.1, 0.15) is 0 Å². The van der Waals surface area contributed by atoms with Crippen LogP contribution < -0.4 is 4.72 Å². The molecule has 0 heterocycles. The summed E-state index contributed by atoms with van der Waals surface area (Å²) in [6, 6.07) is 13.3. The zero-order valence-corrected chi connectivity index (χ0v) is 14.1. The van der Waals surface area contributed by atoms with Crippen molar-refractivity contribution >= 4 is 27.5 Å². The normalized spacial score (nSPS) is 20.1. The van der Waals surface area contributed by atoms with Crippen molar-refractivity contribution in [2.45, 2.75) is 30.1 Å². The van der Waals surface area contributed by atoms with Gasteiger partial charge >= 0.3 is 0 Å². The van der Waals surface area contributed by atoms with E-state index in [9.17, 15) is 13.2 Å². The number of nitrogens with one attached hydrogen (secondary N) is 1. The number of halogens is 1. The minimum atomic E-state index is -3.88. The zero-order valence-electron chi connectivity index (χ0n) is 12.5. The maximum Gasteiger partial charge on any atom is 0.264 e. The van der Waals surface area contributed by atoms with Crippen LogP contribution in [-0.4, -0.2) is 14.3 Å². The van der Waals surface area contributed by atoms with Crippen molar-refractivity contribution in [1.82, 2.24) is 4.72 Å². The summed E-state index contributed by atoms with van der Waals surface area (Å²) in [6.07, 6.45) is 1.19. The smallest absolute Gasteiger partial charge is 0.264 e. The predicted octanol–water partition coefficient (Wildman–Crippen LogP) is 3.05. The summed E-state index contributed by atoms with van der Waals surface area (Å²) in [5.41, 5.74) is 0.817. The molecular weight excluding hydrogens is 334 g/mol. The molecule has 2 aromatic rings. The summed E-state index contributed by atoms with van der Waals surface area (Å²) in [7, 11) is -3.88. The Morgan fingerprint density at radius 1 is 1.13 bits per heavy atom. The number of carbonyl (C=O) groups excluding carboxylic acids is 1. The first-order chi connectivity index (χ1) is 10.8. The van der Waals surface area contributed by atoms with Crippen LogP contribution in [0.25, 0.3) is 0 Å². The third-order valence-electron chi connectivity index (χ3n) is 4.37. The Morgan fingerprint density at radius 3 is 2.52 bits per heavy atom. The average molecular weight is 350 g/mol. The summed E-state index contributed by atoms with van der Waals surface area (Å²) in [4.78, 5) is 12.8. The van der Waals surface area contributed by atoms with Crippen LogP contribution in [0.4, 0.5) is 0 Å². The van der Waals surface area contributed by atoms with Gasteiger partial charge in [-0.15, -0.1) is 0 Å². The second-order valence-corrected chi connectivity index (χ2v) is 7.94. The predicted molar refractivity (Wildman–Crippen MR) is 88.9 cm³/mol. The van der Waals surface area contributed by atoms with E-state index < -0.39 is 21.3 Å². The summed E-state index contributed by atoms with van der Waals surface area (Å²) in [6.45, 7) is 1.75. The number of rotatable bonds is 3. The maximum absolute atomic E-state index is 12.7. The highest BCUT2D eigenvalue weighted by Crippen LogP contribution is 2.42. The van der Waals surface area contributed by atoms with Gasteiger partial charge in [-0.05, 0) is 49.1 Å². The minimum Gasteiger partial charge on any atom is -0.273 e. The molecular formula is C17H16ClNO3S. The molecule has 120 valence electrons. The second kappa shape index (κ2) is 5.65. The molecule has 23 heavy (non-hydrogen) atoms. The SMILES string of the molecule is CC1(C(=O)NS(=O)(=O)c2ccccc2)CCc2c(Cl)cccc21. The van der Waals surface area contributed by atoms with E-state index in [4.69, 9.17) is 11.6 Å². The number of fused-ring (bicyclic) bond motifs is 1. The van der Waals surface area contributed by atoms with Crippen LogP contribution >= 0.6 is 11.6 Å². The first-order valence-corrected chi connectivity index (χ1v) is 9.11. The number of sulfonamides is 1. The molecule has 0 saturated carbocycles. The Balaban J connectivity index is 1.93. The Kier molecular flexibility index (Phi) is 3.94. The second-order valence-electron chi connectivity index (χ2n) is 5.85. The highest BCUT2D eigenvalue weighted by molar-refractivity contribution is 7.90. The highest BCUT2D eigenvalue weighted by atomic mass is 35.5. The minimum absolute atomic E-state index is 0.0706. The van der Waals surface area contributed by atoms with Crippen LogP contribution in [0.2, 0.25) is 5.02 Å². The lowest BCUT2D eigenvalue weighted by Gasteiger charge is -2.24. The third-order valence-corrected chi connectivity index (χ3v) is 6.07. The van der Waals surface area contributed by atoms with E-state index in [1.54, 1.807) is 37.3 Å². The van der Waals surface area contributed by atoms with E-state index in [1.807, 2.05) is 6.07 Å². The Bertz CT molecular complexity index is 865. The van der Waals surface area contributed by atoms with Gasteiger partial charge < -0.3 is 0 Å². The Hall–Kier alpha value is -1.85. The van der Waals surface area contributed by atoms with Crippen LogP contribution in [-0.2, 0) is 26.7 Å². The monoisotopic (exact) mass is 349 g/mol. The molecule has 1 unspecified atom stereocenters. The summed E-state index contributed by atoms with van der Waals surface area (Å²) < 4.78 is 26.9. The van der Waals surface area contributed by atoms with Crippen molar-refractivity contribution in [3.8, 4) is 0 Å². The average Bonchev–Trinajstić information content (AvgIpc) is 2.88. The number of benzene rings is 2. The van der Waals surface area contributed by atoms with Gasteiger partial charge in [0.2, 0.25) is 5.91 Å². The highest BCUT2D eigenvalue weighted by Gasteiger charge is 2.43. The fraction of sp³-hybridized carbons (Fsp3) is 0.235. The first kappa shape index (κ1) is 16.0. The summed E-state index contributed by atoms with van der Waals surface area (Å²) >= 11 is 6.18. The molecule has 1 aliphatic carbocycles. The number of hydrogen-bond acceptors (Lipinski definition) is 3. The molecule has 1 amide bonds.